The molecule has 56 valence electrons. The van der Waals surface area contributed by atoms with Gasteiger partial charge in [-0.1, -0.05) is 30.4 Å². The van der Waals surface area contributed by atoms with Crippen molar-refractivity contribution >= 4 is 0 Å². The molecule has 0 fully saturated rings. The molecule has 0 amide bonds. The Hall–Kier alpha value is -0.820. The first-order valence-electron chi connectivity index (χ1n) is 3.40. The molecule has 0 unspecified atom stereocenters. The van der Waals surface area contributed by atoms with Crippen molar-refractivity contribution in [2.45, 2.75) is 13.8 Å². The van der Waals surface area contributed by atoms with Crippen LogP contribution in [0, 0.1) is 0 Å². The Bertz CT molecular complexity index is 164. The van der Waals surface area contributed by atoms with Gasteiger partial charge < -0.3 is 5.73 Å². The summed E-state index contributed by atoms with van der Waals surface area (Å²) in [5.41, 5.74) is 7.72. The zero-order valence-corrected chi connectivity index (χ0v) is 6.72. The molecule has 2 N–H and O–H groups in total. The minimum Gasteiger partial charge on any atom is -0.326 e. The van der Waals surface area contributed by atoms with Crippen molar-refractivity contribution in [3.63, 3.8) is 0 Å². The smallest absolute Gasteiger partial charge is 0.0177 e. The predicted molar refractivity (Wildman–Crippen MR) is 46.8 cm³/mol. The molecule has 0 saturated heterocycles. The van der Waals surface area contributed by atoms with Gasteiger partial charge in [0.2, 0.25) is 0 Å². The minimum absolute atomic E-state index is 0.564. The number of rotatable bonds is 3. The molecule has 0 bridgehead atoms. The average molecular weight is 137 g/mol. The summed E-state index contributed by atoms with van der Waals surface area (Å²) < 4.78 is 0. The molecule has 1 nitrogen and oxygen atoms in total. The number of nitrogens with two attached hydrogens (primary N) is 1. The van der Waals surface area contributed by atoms with Gasteiger partial charge in [-0.25, -0.2) is 0 Å². The third-order valence-electron chi connectivity index (χ3n) is 1.37. The SMILES string of the molecule is C=C/C(=C\C(C)=C/C)CN. The van der Waals surface area contributed by atoms with E-state index in [1.54, 1.807) is 6.08 Å². The summed E-state index contributed by atoms with van der Waals surface area (Å²) in [7, 11) is 0. The molecular weight excluding hydrogens is 122 g/mol. The van der Waals surface area contributed by atoms with Gasteiger partial charge in [-0.05, 0) is 19.4 Å². The van der Waals surface area contributed by atoms with Gasteiger partial charge in [0.05, 0.1) is 0 Å². The Morgan fingerprint density at radius 3 is 2.50 bits per heavy atom. The molecule has 0 aliphatic rings. The highest BCUT2D eigenvalue weighted by atomic mass is 14.5. The van der Waals surface area contributed by atoms with E-state index in [9.17, 15) is 0 Å². The summed E-state index contributed by atoms with van der Waals surface area (Å²) >= 11 is 0. The van der Waals surface area contributed by atoms with E-state index in [1.807, 2.05) is 26.0 Å². The van der Waals surface area contributed by atoms with Crippen LogP contribution in [-0.2, 0) is 0 Å². The fourth-order valence-corrected chi connectivity index (χ4v) is 0.577. The van der Waals surface area contributed by atoms with Crippen molar-refractivity contribution in [1.29, 1.82) is 0 Å². The fourth-order valence-electron chi connectivity index (χ4n) is 0.577. The van der Waals surface area contributed by atoms with Gasteiger partial charge in [-0.15, -0.1) is 0 Å². The second-order valence-electron chi connectivity index (χ2n) is 2.16. The molecule has 0 heterocycles. The molecule has 0 aromatic carbocycles. The maximum atomic E-state index is 5.42. The van der Waals surface area contributed by atoms with Gasteiger partial charge in [-0.2, -0.15) is 0 Å². The van der Waals surface area contributed by atoms with Gasteiger partial charge in [0, 0.05) is 6.54 Å². The van der Waals surface area contributed by atoms with Crippen LogP contribution in [0.5, 0.6) is 0 Å². The first kappa shape index (κ1) is 9.18. The first-order valence-corrected chi connectivity index (χ1v) is 3.40. The number of allylic oxidation sites excluding steroid dienone is 3. The van der Waals surface area contributed by atoms with E-state index < -0.39 is 0 Å². The monoisotopic (exact) mass is 137 g/mol. The van der Waals surface area contributed by atoms with E-state index in [0.717, 1.165) is 5.57 Å². The quantitative estimate of drug-likeness (QED) is 0.592. The molecular formula is C9H15N. The highest BCUT2D eigenvalue weighted by Crippen LogP contribution is 2.00. The predicted octanol–water partition coefficient (Wildman–Crippen LogP) is 2.02. The number of hydrogen-bond donors (Lipinski definition) is 1. The number of hydrogen-bond acceptors (Lipinski definition) is 1. The third-order valence-corrected chi connectivity index (χ3v) is 1.37. The van der Waals surface area contributed by atoms with Crippen LogP contribution in [0.1, 0.15) is 13.8 Å². The molecule has 0 atom stereocenters. The summed E-state index contributed by atoms with van der Waals surface area (Å²) in [4.78, 5) is 0. The highest BCUT2D eigenvalue weighted by molar-refractivity contribution is 5.28. The lowest BCUT2D eigenvalue weighted by Gasteiger charge is -1.95. The molecule has 0 aliphatic heterocycles. The maximum Gasteiger partial charge on any atom is 0.0177 e. The normalized spacial score (nSPS) is 13.5. The van der Waals surface area contributed by atoms with E-state index in [4.69, 9.17) is 5.73 Å². The van der Waals surface area contributed by atoms with Crippen molar-refractivity contribution in [2.24, 2.45) is 5.73 Å². The first-order chi connectivity index (χ1) is 4.74. The zero-order chi connectivity index (χ0) is 7.98. The lowest BCUT2D eigenvalue weighted by molar-refractivity contribution is 1.18. The van der Waals surface area contributed by atoms with Crippen molar-refractivity contribution in [3.8, 4) is 0 Å². The molecule has 10 heavy (non-hydrogen) atoms. The van der Waals surface area contributed by atoms with E-state index in [-0.39, 0.29) is 0 Å². The van der Waals surface area contributed by atoms with E-state index in [1.165, 1.54) is 5.57 Å². The standard InChI is InChI=1S/C9H15N/c1-4-8(3)6-9(5-2)7-10/h4-6H,2,7,10H2,1,3H3/b8-4-,9-6+. The molecule has 0 aromatic heterocycles. The van der Waals surface area contributed by atoms with Crippen LogP contribution in [-0.4, -0.2) is 6.54 Å². The zero-order valence-electron chi connectivity index (χ0n) is 6.72. The molecule has 0 aromatic rings. The maximum absolute atomic E-state index is 5.42. The molecule has 0 rings (SSSR count). The van der Waals surface area contributed by atoms with Crippen molar-refractivity contribution < 1.29 is 0 Å². The Balaban J connectivity index is 4.24. The van der Waals surface area contributed by atoms with E-state index in [0.29, 0.717) is 6.54 Å². The molecule has 0 spiro atoms. The highest BCUT2D eigenvalue weighted by Gasteiger charge is 1.85. The van der Waals surface area contributed by atoms with Crippen LogP contribution in [0.4, 0.5) is 0 Å². The van der Waals surface area contributed by atoms with Crippen LogP contribution >= 0.6 is 0 Å². The van der Waals surface area contributed by atoms with Gasteiger partial charge in [0.25, 0.3) is 0 Å². The largest absolute Gasteiger partial charge is 0.326 e. The third kappa shape index (κ3) is 3.25. The van der Waals surface area contributed by atoms with Crippen molar-refractivity contribution in [1.82, 2.24) is 0 Å². The van der Waals surface area contributed by atoms with Gasteiger partial charge in [0.1, 0.15) is 0 Å². The minimum atomic E-state index is 0.564. The van der Waals surface area contributed by atoms with Crippen molar-refractivity contribution in [3.05, 3.63) is 36.0 Å². The Morgan fingerprint density at radius 2 is 2.20 bits per heavy atom. The van der Waals surface area contributed by atoms with Crippen LogP contribution in [0.25, 0.3) is 0 Å². The van der Waals surface area contributed by atoms with Crippen LogP contribution in [0.15, 0.2) is 36.0 Å². The Kier molecular flexibility index (Phi) is 4.59. The van der Waals surface area contributed by atoms with Gasteiger partial charge in [-0.3, -0.25) is 0 Å². The topological polar surface area (TPSA) is 26.0 Å². The lowest BCUT2D eigenvalue weighted by Crippen LogP contribution is -2.00. The average Bonchev–Trinajstić information content (AvgIpc) is 1.99. The van der Waals surface area contributed by atoms with Gasteiger partial charge in [0.15, 0.2) is 0 Å². The van der Waals surface area contributed by atoms with E-state index >= 15 is 0 Å². The summed E-state index contributed by atoms with van der Waals surface area (Å²) in [6.07, 6.45) is 5.86. The summed E-state index contributed by atoms with van der Waals surface area (Å²) in [6, 6.07) is 0. The molecule has 1 heteroatoms. The summed E-state index contributed by atoms with van der Waals surface area (Å²) in [6.45, 7) is 8.25. The van der Waals surface area contributed by atoms with Crippen LogP contribution in [0.3, 0.4) is 0 Å². The van der Waals surface area contributed by atoms with Gasteiger partial charge >= 0.3 is 0 Å². The second kappa shape index (κ2) is 5.00. The Labute approximate surface area is 62.9 Å². The second-order valence-corrected chi connectivity index (χ2v) is 2.16. The molecule has 0 saturated carbocycles. The molecule has 0 aliphatic carbocycles. The van der Waals surface area contributed by atoms with Crippen LogP contribution < -0.4 is 5.73 Å². The fraction of sp³-hybridized carbons (Fsp3) is 0.333. The Morgan fingerprint density at radius 1 is 1.60 bits per heavy atom. The van der Waals surface area contributed by atoms with Crippen molar-refractivity contribution in [2.75, 3.05) is 6.54 Å². The van der Waals surface area contributed by atoms with Crippen LogP contribution in [0.2, 0.25) is 0 Å². The molecule has 0 radical (unpaired) electrons. The van der Waals surface area contributed by atoms with E-state index in [2.05, 4.69) is 6.58 Å². The lowest BCUT2D eigenvalue weighted by atomic mass is 10.1. The summed E-state index contributed by atoms with van der Waals surface area (Å²) in [5.74, 6) is 0. The summed E-state index contributed by atoms with van der Waals surface area (Å²) in [5, 5.41) is 0.